The Morgan fingerprint density at radius 1 is 1.10 bits per heavy atom. The van der Waals surface area contributed by atoms with Crippen LogP contribution < -0.4 is 14.6 Å². The van der Waals surface area contributed by atoms with E-state index in [0.29, 0.717) is 43.4 Å². The van der Waals surface area contributed by atoms with Crippen molar-refractivity contribution in [2.75, 3.05) is 36.4 Å². The minimum Gasteiger partial charge on any atom is -0.542 e. The number of rotatable bonds is 4. The summed E-state index contributed by atoms with van der Waals surface area (Å²) in [5, 5.41) is 2.88. The molecule has 1 aromatic heterocycles. The van der Waals surface area contributed by atoms with Crippen molar-refractivity contribution in [2.45, 2.75) is 38.9 Å². The van der Waals surface area contributed by atoms with Crippen LogP contribution in [0.1, 0.15) is 20.8 Å². The molecule has 0 radical (unpaired) electrons. The molecule has 1 saturated heterocycles. The molecule has 1 fully saturated rings. The van der Waals surface area contributed by atoms with E-state index in [1.54, 1.807) is 17.2 Å². The van der Waals surface area contributed by atoms with Crippen LogP contribution in [0.4, 0.5) is 25.1 Å². The molecule has 168 valence electrons. The van der Waals surface area contributed by atoms with Gasteiger partial charge >= 0.3 is 6.03 Å². The molecule has 0 spiro atoms. The molecule has 0 saturated carbocycles. The molecule has 1 N–H and O–H groups in total. The second-order valence-corrected chi connectivity index (χ2v) is 14.0. The number of urea groups is 1. The van der Waals surface area contributed by atoms with Crippen LogP contribution in [-0.2, 0) is 0 Å². The van der Waals surface area contributed by atoms with E-state index >= 15 is 0 Å². The fourth-order valence-electron chi connectivity index (χ4n) is 3.04. The maximum Gasteiger partial charge on any atom is 0.323 e. The van der Waals surface area contributed by atoms with Gasteiger partial charge in [-0.25, -0.2) is 18.6 Å². The zero-order chi connectivity index (χ0) is 22.8. The lowest BCUT2D eigenvalue weighted by molar-refractivity contribution is 0.208. The fraction of sp³-hybridized carbons (Fsp3) is 0.455. The number of anilines is 2. The molecule has 1 aliphatic rings. The minimum atomic E-state index is -1.95. The zero-order valence-corrected chi connectivity index (χ0v) is 19.7. The number of amides is 2. The number of halogens is 2. The van der Waals surface area contributed by atoms with E-state index in [-0.39, 0.29) is 11.1 Å². The number of carbonyl (C=O) groups excluding carboxylic acids is 1. The number of nitrogens with zero attached hydrogens (tertiary/aromatic N) is 3. The Bertz CT molecular complexity index is 924. The quantitative estimate of drug-likeness (QED) is 0.662. The topological polar surface area (TPSA) is 57.7 Å². The highest BCUT2D eigenvalue weighted by Gasteiger charge is 2.39. The SMILES string of the molecule is CC(C)(C)[Si](C)(C)Oc1ccc(NC(=O)N2CCN(c3ccc(F)cc3F)CC2)nc1. The number of benzene rings is 1. The predicted octanol–water partition coefficient (Wildman–Crippen LogP) is 5.10. The number of aromatic nitrogens is 1. The minimum absolute atomic E-state index is 0.0822. The molecule has 2 aromatic rings. The first-order valence-electron chi connectivity index (χ1n) is 10.4. The van der Waals surface area contributed by atoms with E-state index in [9.17, 15) is 13.6 Å². The second kappa shape index (κ2) is 8.82. The van der Waals surface area contributed by atoms with Gasteiger partial charge in [-0.05, 0) is 42.4 Å². The van der Waals surface area contributed by atoms with Gasteiger partial charge in [0.25, 0.3) is 8.32 Å². The summed E-state index contributed by atoms with van der Waals surface area (Å²) in [6, 6.07) is 6.82. The van der Waals surface area contributed by atoms with Crippen LogP contribution in [-0.4, -0.2) is 50.4 Å². The lowest BCUT2D eigenvalue weighted by atomic mass is 10.2. The number of hydrogen-bond donors (Lipinski definition) is 1. The maximum atomic E-state index is 14.0. The summed E-state index contributed by atoms with van der Waals surface area (Å²) in [5.41, 5.74) is 0.348. The molecule has 0 bridgehead atoms. The summed E-state index contributed by atoms with van der Waals surface area (Å²) in [5.74, 6) is -0.0614. The normalized spacial score (nSPS) is 15.1. The molecule has 0 aliphatic carbocycles. The highest BCUT2D eigenvalue weighted by Crippen LogP contribution is 2.37. The Balaban J connectivity index is 1.54. The van der Waals surface area contributed by atoms with Gasteiger partial charge in [-0.2, -0.15) is 0 Å². The number of nitrogens with one attached hydrogen (secondary N) is 1. The summed E-state index contributed by atoms with van der Waals surface area (Å²) in [6.07, 6.45) is 1.63. The van der Waals surface area contributed by atoms with Gasteiger partial charge in [0.1, 0.15) is 23.2 Å². The lowest BCUT2D eigenvalue weighted by Crippen LogP contribution is -2.50. The summed E-state index contributed by atoms with van der Waals surface area (Å²) in [7, 11) is -1.95. The molecule has 3 rings (SSSR count). The summed E-state index contributed by atoms with van der Waals surface area (Å²) >= 11 is 0. The van der Waals surface area contributed by atoms with Crippen molar-refractivity contribution < 1.29 is 18.0 Å². The van der Waals surface area contributed by atoms with Crippen molar-refractivity contribution in [3.8, 4) is 5.75 Å². The van der Waals surface area contributed by atoms with Crippen LogP contribution >= 0.6 is 0 Å². The van der Waals surface area contributed by atoms with Crippen molar-refractivity contribution >= 4 is 25.9 Å². The Morgan fingerprint density at radius 3 is 2.32 bits per heavy atom. The maximum absolute atomic E-state index is 14.0. The number of hydrogen-bond acceptors (Lipinski definition) is 4. The summed E-state index contributed by atoms with van der Waals surface area (Å²) in [6.45, 7) is 12.6. The van der Waals surface area contributed by atoms with E-state index in [1.807, 2.05) is 11.0 Å². The van der Waals surface area contributed by atoms with Gasteiger partial charge in [0.05, 0.1) is 11.9 Å². The van der Waals surface area contributed by atoms with Gasteiger partial charge in [-0.3, -0.25) is 5.32 Å². The Labute approximate surface area is 183 Å². The molecular weight excluding hydrogens is 418 g/mol. The van der Waals surface area contributed by atoms with E-state index < -0.39 is 20.0 Å². The van der Waals surface area contributed by atoms with Crippen molar-refractivity contribution in [1.29, 1.82) is 0 Å². The lowest BCUT2D eigenvalue weighted by Gasteiger charge is -2.36. The van der Waals surface area contributed by atoms with Gasteiger partial charge < -0.3 is 14.2 Å². The van der Waals surface area contributed by atoms with E-state index in [0.717, 1.165) is 6.07 Å². The standard InChI is InChI=1S/C22H30F2N4O2Si/c1-22(2,3)31(4,5)30-17-7-9-20(25-15-17)26-21(29)28-12-10-27(11-13-28)19-8-6-16(23)14-18(19)24/h6-9,14-15H,10-13H2,1-5H3,(H,25,26,29). The van der Waals surface area contributed by atoms with Crippen molar-refractivity contribution in [3.63, 3.8) is 0 Å². The summed E-state index contributed by atoms with van der Waals surface area (Å²) < 4.78 is 33.3. The third-order valence-electron chi connectivity index (χ3n) is 5.97. The largest absolute Gasteiger partial charge is 0.542 e. The molecule has 1 aliphatic heterocycles. The van der Waals surface area contributed by atoms with Crippen LogP contribution in [0.3, 0.4) is 0 Å². The molecule has 2 amide bonds. The number of carbonyl (C=O) groups is 1. The van der Waals surface area contributed by atoms with Crippen LogP contribution in [0.5, 0.6) is 5.75 Å². The zero-order valence-electron chi connectivity index (χ0n) is 18.7. The highest BCUT2D eigenvalue weighted by atomic mass is 28.4. The third kappa shape index (κ3) is 5.52. The molecule has 0 atom stereocenters. The predicted molar refractivity (Wildman–Crippen MR) is 121 cm³/mol. The Hall–Kier alpha value is -2.68. The van der Waals surface area contributed by atoms with Crippen LogP contribution in [0.2, 0.25) is 18.1 Å². The van der Waals surface area contributed by atoms with Gasteiger partial charge in [-0.15, -0.1) is 0 Å². The van der Waals surface area contributed by atoms with Gasteiger partial charge in [0.2, 0.25) is 0 Å². The Kier molecular flexibility index (Phi) is 6.54. The molecule has 2 heterocycles. The van der Waals surface area contributed by atoms with Crippen molar-refractivity contribution in [1.82, 2.24) is 9.88 Å². The van der Waals surface area contributed by atoms with E-state index in [1.165, 1.54) is 12.1 Å². The highest BCUT2D eigenvalue weighted by molar-refractivity contribution is 6.74. The van der Waals surface area contributed by atoms with Crippen LogP contribution in [0.15, 0.2) is 36.5 Å². The average molecular weight is 449 g/mol. The monoisotopic (exact) mass is 448 g/mol. The Morgan fingerprint density at radius 2 is 1.77 bits per heavy atom. The van der Waals surface area contributed by atoms with Gasteiger partial charge in [0, 0.05) is 32.2 Å². The van der Waals surface area contributed by atoms with Crippen molar-refractivity contribution in [2.24, 2.45) is 0 Å². The molecule has 0 unspecified atom stereocenters. The van der Waals surface area contributed by atoms with Gasteiger partial charge in [-0.1, -0.05) is 20.8 Å². The molecule has 9 heteroatoms. The second-order valence-electron chi connectivity index (χ2n) is 9.24. The molecule has 31 heavy (non-hydrogen) atoms. The van der Waals surface area contributed by atoms with Crippen molar-refractivity contribution in [3.05, 3.63) is 48.2 Å². The van der Waals surface area contributed by atoms with Crippen LogP contribution in [0, 0.1) is 11.6 Å². The first-order valence-corrected chi connectivity index (χ1v) is 13.3. The smallest absolute Gasteiger partial charge is 0.323 e. The van der Waals surface area contributed by atoms with Crippen LogP contribution in [0.25, 0.3) is 0 Å². The van der Waals surface area contributed by atoms with Gasteiger partial charge in [0.15, 0.2) is 0 Å². The first kappa shape index (κ1) is 23.0. The molecular formula is C22H30F2N4O2Si. The number of piperazine rings is 1. The van der Waals surface area contributed by atoms with E-state index in [2.05, 4.69) is 44.2 Å². The first-order chi connectivity index (χ1) is 14.5. The fourth-order valence-corrected chi connectivity index (χ4v) is 4.06. The summed E-state index contributed by atoms with van der Waals surface area (Å²) in [4.78, 5) is 20.3. The third-order valence-corrected chi connectivity index (χ3v) is 10.3. The number of pyridine rings is 1. The average Bonchev–Trinajstić information content (AvgIpc) is 2.68. The molecule has 1 aromatic carbocycles. The van der Waals surface area contributed by atoms with E-state index in [4.69, 9.17) is 4.43 Å². The molecule has 6 nitrogen and oxygen atoms in total.